The Labute approximate surface area is 191 Å². The molecule has 0 aromatic carbocycles. The highest BCUT2D eigenvalue weighted by molar-refractivity contribution is 5.87. The monoisotopic (exact) mass is 442 g/mol. The summed E-state index contributed by atoms with van der Waals surface area (Å²) in [7, 11) is 0. The summed E-state index contributed by atoms with van der Waals surface area (Å²) in [6, 6.07) is 1.77. The van der Waals surface area contributed by atoms with Gasteiger partial charge < -0.3 is 10.7 Å². The van der Waals surface area contributed by atoms with Crippen molar-refractivity contribution >= 4 is 17.2 Å². The van der Waals surface area contributed by atoms with Gasteiger partial charge in [-0.1, -0.05) is 6.92 Å². The van der Waals surface area contributed by atoms with Gasteiger partial charge in [-0.25, -0.2) is 5.84 Å². The van der Waals surface area contributed by atoms with E-state index in [0.717, 1.165) is 49.4 Å². The largest absolute Gasteiger partial charge is 0.396 e. The van der Waals surface area contributed by atoms with Crippen LogP contribution in [0.15, 0.2) is 18.5 Å². The third kappa shape index (κ3) is 3.63. The van der Waals surface area contributed by atoms with Crippen molar-refractivity contribution in [2.24, 2.45) is 52.7 Å². The average molecular weight is 443 g/mol. The Bertz CT molecular complexity index is 849. The predicted octanol–water partition coefficient (Wildman–Crippen LogP) is 4.77. The maximum absolute atomic E-state index is 13.4. The van der Waals surface area contributed by atoms with E-state index < -0.39 is 0 Å². The number of Topliss-reactive ketones (excluding diaryl/α,β-unsaturated/α-hetero) is 1. The van der Waals surface area contributed by atoms with Crippen LogP contribution in [0.25, 0.3) is 0 Å². The molecule has 0 saturated heterocycles. The molecule has 5 nitrogen and oxygen atoms in total. The van der Waals surface area contributed by atoms with Gasteiger partial charge in [0.25, 0.3) is 0 Å². The van der Waals surface area contributed by atoms with Crippen LogP contribution in [0.5, 0.6) is 0 Å². The molecule has 0 radical (unpaired) electrons. The molecule has 4 N–H and O–H groups in total. The van der Waals surface area contributed by atoms with Crippen LogP contribution in [0, 0.1) is 46.8 Å². The fraction of sp³-hybridized carbons (Fsp3) is 0.769. The topological polar surface area (TPSA) is 85.2 Å². The van der Waals surface area contributed by atoms with E-state index in [1.807, 2.05) is 0 Å². The van der Waals surface area contributed by atoms with Crippen molar-refractivity contribution in [1.82, 2.24) is 4.98 Å². The van der Waals surface area contributed by atoms with Crippen LogP contribution in [-0.2, 0) is 4.79 Å². The predicted molar refractivity (Wildman–Crippen MR) is 125 cm³/mol. The first-order valence-electron chi connectivity index (χ1n) is 12.7. The highest BCUT2D eigenvalue weighted by Crippen LogP contribution is 2.64. The molecule has 1 aromatic heterocycles. The van der Waals surface area contributed by atoms with Gasteiger partial charge in [0, 0.05) is 12.1 Å². The molecule has 6 heteroatoms. The first-order chi connectivity index (χ1) is 15.4. The first kappa shape index (κ1) is 22.1. The Morgan fingerprint density at radius 2 is 1.97 bits per heavy atom. The molecule has 8 atom stereocenters. The zero-order valence-corrected chi connectivity index (χ0v) is 19.4. The number of halogens is 1. The number of carbonyl (C=O) groups is 1. The van der Waals surface area contributed by atoms with Crippen molar-refractivity contribution < 1.29 is 9.18 Å². The van der Waals surface area contributed by atoms with Crippen molar-refractivity contribution in [2.75, 3.05) is 24.0 Å². The van der Waals surface area contributed by atoms with E-state index in [0.29, 0.717) is 23.2 Å². The van der Waals surface area contributed by atoms with Gasteiger partial charge in [-0.15, -0.1) is 0 Å². The number of hydrogen-bond donors (Lipinski definition) is 2. The summed E-state index contributed by atoms with van der Waals surface area (Å²) in [4.78, 5) is 17.5. The lowest BCUT2D eigenvalue weighted by Crippen LogP contribution is -2.50. The molecule has 4 aliphatic rings. The van der Waals surface area contributed by atoms with Crippen LogP contribution < -0.4 is 16.6 Å². The van der Waals surface area contributed by atoms with E-state index in [1.165, 1.54) is 37.1 Å². The van der Waals surface area contributed by atoms with Crippen molar-refractivity contribution in [3.05, 3.63) is 18.5 Å². The second-order valence-electron chi connectivity index (χ2n) is 11.5. The number of anilines is 2. The summed E-state index contributed by atoms with van der Waals surface area (Å²) in [5.41, 5.74) is 7.26. The second-order valence-corrected chi connectivity index (χ2v) is 11.5. The molecule has 8 unspecified atom stereocenters. The minimum Gasteiger partial charge on any atom is -0.396 e. The quantitative estimate of drug-likeness (QED) is 0.507. The number of fused-ring (bicyclic) bond motifs is 5. The van der Waals surface area contributed by atoms with Crippen LogP contribution in [0.2, 0.25) is 0 Å². The van der Waals surface area contributed by atoms with Gasteiger partial charge in [-0.2, -0.15) is 0 Å². The molecule has 4 fully saturated rings. The fourth-order valence-electron chi connectivity index (χ4n) is 8.64. The van der Waals surface area contributed by atoms with Crippen molar-refractivity contribution in [3.8, 4) is 0 Å². The number of nitrogen functional groups attached to an aromatic ring is 1. The molecular formula is C26H39FN4O. The van der Waals surface area contributed by atoms with E-state index in [9.17, 15) is 9.18 Å². The Balaban J connectivity index is 1.28. The van der Waals surface area contributed by atoms with Crippen molar-refractivity contribution in [3.63, 3.8) is 0 Å². The van der Waals surface area contributed by atoms with Crippen LogP contribution in [0.4, 0.5) is 15.8 Å². The minimum atomic E-state index is -0.134. The summed E-state index contributed by atoms with van der Waals surface area (Å²) in [6.45, 7) is 2.45. The van der Waals surface area contributed by atoms with Gasteiger partial charge in [0.1, 0.15) is 0 Å². The van der Waals surface area contributed by atoms with E-state index in [2.05, 4.69) is 11.9 Å². The van der Waals surface area contributed by atoms with Gasteiger partial charge >= 0.3 is 0 Å². The average Bonchev–Trinajstić information content (AvgIpc) is 3.16. The van der Waals surface area contributed by atoms with Crippen molar-refractivity contribution in [1.29, 1.82) is 0 Å². The number of hydrogen-bond acceptors (Lipinski definition) is 5. The number of carbonyl (C=O) groups excluding carboxylic acids is 1. The molecule has 0 spiro atoms. The zero-order valence-electron chi connectivity index (χ0n) is 19.4. The number of alkyl halides is 1. The molecule has 4 saturated carbocycles. The molecule has 176 valence electrons. The molecule has 32 heavy (non-hydrogen) atoms. The number of rotatable bonds is 5. The van der Waals surface area contributed by atoms with E-state index in [4.69, 9.17) is 11.6 Å². The lowest BCUT2D eigenvalue weighted by molar-refractivity contribution is -0.129. The number of ketones is 1. The van der Waals surface area contributed by atoms with Gasteiger partial charge in [0.15, 0.2) is 5.78 Å². The van der Waals surface area contributed by atoms with Gasteiger partial charge in [0.05, 0.1) is 30.8 Å². The molecule has 1 heterocycles. The number of pyridine rings is 1. The summed E-state index contributed by atoms with van der Waals surface area (Å²) in [6.07, 6.45) is 13.7. The van der Waals surface area contributed by atoms with Crippen LogP contribution in [0.1, 0.15) is 64.7 Å². The number of aromatic nitrogens is 1. The molecule has 0 aliphatic heterocycles. The summed E-state index contributed by atoms with van der Waals surface area (Å²) >= 11 is 0. The zero-order chi connectivity index (χ0) is 22.5. The maximum Gasteiger partial charge on any atom is 0.157 e. The molecule has 0 bridgehead atoms. The number of nitrogens with zero attached hydrogens (tertiary/aromatic N) is 2. The SMILES string of the molecule is CC12CCC3C4CCC(CF)CC4CCC3C1CCC2C(=O)CN(N)c1ccncc1N. The number of hydrazine groups is 1. The standard InChI is InChI=1S/C26H39FN4O/c1-26-10-8-19-18-4-2-16(13-27)12-17(18)3-5-20(19)21(26)6-7-22(26)25(32)15-31(29)24-9-11-30-14-23(24)28/h9,11,14,16-22H,2-8,10,12-13,15,28-29H2,1H3. The highest BCUT2D eigenvalue weighted by atomic mass is 19.1. The Hall–Kier alpha value is -1.69. The Morgan fingerprint density at radius 3 is 2.75 bits per heavy atom. The van der Waals surface area contributed by atoms with Crippen LogP contribution in [0.3, 0.4) is 0 Å². The summed E-state index contributed by atoms with van der Waals surface area (Å²) in [5.74, 6) is 10.6. The highest BCUT2D eigenvalue weighted by Gasteiger charge is 2.58. The third-order valence-corrected chi connectivity index (χ3v) is 10.1. The molecule has 1 aromatic rings. The smallest absolute Gasteiger partial charge is 0.157 e. The summed E-state index contributed by atoms with van der Waals surface area (Å²) in [5, 5.41) is 1.50. The first-order valence-corrected chi connectivity index (χ1v) is 12.7. The lowest BCUT2D eigenvalue weighted by Gasteiger charge is -2.56. The van der Waals surface area contributed by atoms with Gasteiger partial charge in [-0.3, -0.25) is 14.2 Å². The van der Waals surface area contributed by atoms with Crippen LogP contribution in [-0.4, -0.2) is 24.0 Å². The maximum atomic E-state index is 13.4. The Morgan fingerprint density at radius 1 is 1.16 bits per heavy atom. The molecule has 5 rings (SSSR count). The van der Waals surface area contributed by atoms with Gasteiger partial charge in [0.2, 0.25) is 0 Å². The second kappa shape index (κ2) is 8.58. The van der Waals surface area contributed by atoms with E-state index in [1.54, 1.807) is 18.5 Å². The van der Waals surface area contributed by atoms with E-state index >= 15 is 0 Å². The van der Waals surface area contributed by atoms with Gasteiger partial charge in [-0.05, 0) is 105 Å². The van der Waals surface area contributed by atoms with E-state index in [-0.39, 0.29) is 30.3 Å². The third-order valence-electron chi connectivity index (χ3n) is 10.1. The Kier molecular flexibility index (Phi) is 5.93. The molecule has 0 amide bonds. The molecule has 4 aliphatic carbocycles. The minimum absolute atomic E-state index is 0.0857. The lowest BCUT2D eigenvalue weighted by atomic mass is 9.49. The fourth-order valence-corrected chi connectivity index (χ4v) is 8.64. The van der Waals surface area contributed by atoms with Crippen LogP contribution >= 0.6 is 0 Å². The summed E-state index contributed by atoms with van der Waals surface area (Å²) < 4.78 is 13.3. The number of nitrogens with two attached hydrogens (primary N) is 2. The van der Waals surface area contributed by atoms with Crippen molar-refractivity contribution in [2.45, 2.75) is 64.7 Å². The molecular weight excluding hydrogens is 403 g/mol. The normalized spacial score (nSPS) is 40.8.